The SMILES string of the molecule is C[C@H](Cc1nncn1C)c1cccc(N2Cc3c(cc(C(=O)N4C[C@@H](O)C[C@H]4C)cc3C(F)(F)F)C2=O)c1.O=C(O)C(F)(F)F. The Labute approximate surface area is 252 Å². The number of amides is 2. The molecule has 2 amide bonds. The number of likely N-dealkylation sites (tertiary alicyclic amines) is 1. The predicted octanol–water partition coefficient (Wildman–Crippen LogP) is 4.57. The average Bonchev–Trinajstić information content (AvgIpc) is 3.62. The number of carbonyl (C=O) groups excluding carboxylic acids is 2. The molecular weight excluding hydrogens is 612 g/mol. The molecule has 0 aliphatic carbocycles. The first-order valence-corrected chi connectivity index (χ1v) is 13.7. The normalized spacial score (nSPS) is 18.8. The van der Waals surface area contributed by atoms with Crippen LogP contribution in [0.15, 0.2) is 42.7 Å². The number of carbonyl (C=O) groups is 3. The number of carboxylic acids is 1. The zero-order valence-corrected chi connectivity index (χ0v) is 24.2. The van der Waals surface area contributed by atoms with Crippen LogP contribution in [-0.4, -0.2) is 72.5 Å². The third-order valence-corrected chi connectivity index (χ3v) is 7.69. The second kappa shape index (κ2) is 12.5. The van der Waals surface area contributed by atoms with Gasteiger partial charge in [0.25, 0.3) is 11.8 Å². The molecule has 2 aromatic carbocycles. The van der Waals surface area contributed by atoms with E-state index in [2.05, 4.69) is 10.2 Å². The number of anilines is 1. The molecule has 0 saturated carbocycles. The lowest BCUT2D eigenvalue weighted by Gasteiger charge is -2.22. The van der Waals surface area contributed by atoms with Crippen LogP contribution in [0.4, 0.5) is 32.0 Å². The highest BCUT2D eigenvalue weighted by atomic mass is 19.4. The predicted molar refractivity (Wildman–Crippen MR) is 146 cm³/mol. The van der Waals surface area contributed by atoms with Gasteiger partial charge in [0.1, 0.15) is 12.2 Å². The van der Waals surface area contributed by atoms with Crippen LogP contribution in [0, 0.1) is 0 Å². The number of aromatic nitrogens is 3. The number of rotatable bonds is 5. The number of nitrogens with zero attached hydrogens (tertiary/aromatic N) is 5. The Morgan fingerprint density at radius 3 is 2.31 bits per heavy atom. The maximum absolute atomic E-state index is 14.1. The van der Waals surface area contributed by atoms with Gasteiger partial charge in [0.05, 0.1) is 18.2 Å². The largest absolute Gasteiger partial charge is 0.490 e. The van der Waals surface area contributed by atoms with Crippen LogP contribution in [0.2, 0.25) is 0 Å². The van der Waals surface area contributed by atoms with Crippen LogP contribution in [0.5, 0.6) is 0 Å². The number of fused-ring (bicyclic) bond motifs is 1. The first-order valence-electron chi connectivity index (χ1n) is 13.7. The van der Waals surface area contributed by atoms with E-state index in [0.29, 0.717) is 18.5 Å². The van der Waals surface area contributed by atoms with Crippen molar-refractivity contribution in [2.75, 3.05) is 11.4 Å². The smallest absolute Gasteiger partial charge is 0.475 e. The molecule has 0 radical (unpaired) electrons. The van der Waals surface area contributed by atoms with Gasteiger partial charge in [-0.3, -0.25) is 9.59 Å². The lowest BCUT2D eigenvalue weighted by molar-refractivity contribution is -0.192. The number of hydrogen-bond donors (Lipinski definition) is 2. The first kappa shape index (κ1) is 33.4. The van der Waals surface area contributed by atoms with Crippen molar-refractivity contribution in [2.45, 2.75) is 63.7 Å². The topological polar surface area (TPSA) is 129 Å². The number of aliphatic carboxylic acids is 1. The molecule has 2 aliphatic heterocycles. The van der Waals surface area contributed by atoms with Crippen LogP contribution in [0.3, 0.4) is 0 Å². The Hall–Kier alpha value is -4.47. The average molecular weight is 642 g/mol. The number of halogens is 6. The van der Waals surface area contributed by atoms with Gasteiger partial charge in [-0.05, 0) is 54.7 Å². The minimum atomic E-state index is -5.08. The standard InChI is InChI=1S/C27H28F3N5O3.C2HF3O2/c1-15(7-24-32-31-14-33(24)3)17-5-4-6-19(9-17)35-13-22-21(26(35)38)10-18(11-23(22)27(28,29)30)25(37)34-12-20(36)8-16(34)2;3-2(4,5)1(6)7/h4-6,9-11,14-16,20,36H,7-8,12-13H2,1-3H3;(H,6,7)/t15-,16-,20+;/m1./s1. The summed E-state index contributed by atoms with van der Waals surface area (Å²) in [6.07, 6.45) is -8.00. The number of hydrogen-bond acceptors (Lipinski definition) is 6. The molecule has 5 rings (SSSR count). The summed E-state index contributed by atoms with van der Waals surface area (Å²) < 4.78 is 76.0. The van der Waals surface area contributed by atoms with Gasteiger partial charge in [-0.25, -0.2) is 4.79 Å². The van der Waals surface area contributed by atoms with Gasteiger partial charge in [0, 0.05) is 42.9 Å². The van der Waals surface area contributed by atoms with E-state index in [4.69, 9.17) is 9.90 Å². The van der Waals surface area contributed by atoms with Gasteiger partial charge in [-0.1, -0.05) is 19.1 Å². The van der Waals surface area contributed by atoms with E-state index in [1.165, 1.54) is 15.9 Å². The molecule has 10 nitrogen and oxygen atoms in total. The molecule has 0 spiro atoms. The summed E-state index contributed by atoms with van der Waals surface area (Å²) in [5.74, 6) is -3.17. The highest BCUT2D eigenvalue weighted by molar-refractivity contribution is 6.11. The van der Waals surface area contributed by atoms with E-state index in [1.807, 2.05) is 24.6 Å². The van der Waals surface area contributed by atoms with Crippen molar-refractivity contribution >= 4 is 23.5 Å². The van der Waals surface area contributed by atoms with Crippen molar-refractivity contribution < 1.29 is 50.9 Å². The number of aliphatic hydroxyl groups excluding tert-OH is 1. The third-order valence-electron chi connectivity index (χ3n) is 7.69. The van der Waals surface area contributed by atoms with Crippen LogP contribution in [0.25, 0.3) is 0 Å². The summed E-state index contributed by atoms with van der Waals surface area (Å²) in [5.41, 5.74) is -0.0978. The van der Waals surface area contributed by atoms with Crippen LogP contribution in [0.1, 0.15) is 69.4 Å². The van der Waals surface area contributed by atoms with Crippen molar-refractivity contribution in [1.29, 1.82) is 0 Å². The molecular formula is C29H29F6N5O5. The van der Waals surface area contributed by atoms with Crippen LogP contribution >= 0.6 is 0 Å². The molecule has 45 heavy (non-hydrogen) atoms. The highest BCUT2D eigenvalue weighted by Gasteiger charge is 2.42. The summed E-state index contributed by atoms with van der Waals surface area (Å²) in [6, 6.07) is 8.93. The second-order valence-electron chi connectivity index (χ2n) is 11.0. The van der Waals surface area contributed by atoms with Gasteiger partial charge in [0.2, 0.25) is 0 Å². The Bertz CT molecular complexity index is 1600. The molecule has 1 fully saturated rings. The first-order chi connectivity index (χ1) is 20.9. The molecule has 3 atom stereocenters. The van der Waals surface area contributed by atoms with E-state index in [9.17, 15) is 41.0 Å². The van der Waals surface area contributed by atoms with Crippen molar-refractivity contribution in [3.63, 3.8) is 0 Å². The van der Waals surface area contributed by atoms with Crippen molar-refractivity contribution in [1.82, 2.24) is 19.7 Å². The third kappa shape index (κ3) is 7.27. The van der Waals surface area contributed by atoms with Gasteiger partial charge < -0.3 is 24.6 Å². The maximum Gasteiger partial charge on any atom is 0.490 e. The molecule has 1 saturated heterocycles. The van der Waals surface area contributed by atoms with Gasteiger partial charge in [0.15, 0.2) is 0 Å². The zero-order chi connectivity index (χ0) is 33.4. The van der Waals surface area contributed by atoms with Crippen molar-refractivity contribution in [2.24, 2.45) is 7.05 Å². The molecule has 0 bridgehead atoms. The summed E-state index contributed by atoms with van der Waals surface area (Å²) in [4.78, 5) is 38.1. The quantitative estimate of drug-likeness (QED) is 0.391. The fourth-order valence-corrected chi connectivity index (χ4v) is 5.33. The summed E-state index contributed by atoms with van der Waals surface area (Å²) >= 11 is 0. The summed E-state index contributed by atoms with van der Waals surface area (Å²) in [7, 11) is 1.85. The lowest BCUT2D eigenvalue weighted by atomic mass is 9.97. The van der Waals surface area contributed by atoms with Crippen molar-refractivity contribution in [3.8, 4) is 0 Å². The lowest BCUT2D eigenvalue weighted by Crippen LogP contribution is -2.34. The zero-order valence-electron chi connectivity index (χ0n) is 24.2. The molecule has 16 heteroatoms. The number of aryl methyl sites for hydroxylation is 1. The van der Waals surface area contributed by atoms with E-state index >= 15 is 0 Å². The maximum atomic E-state index is 14.1. The van der Waals surface area contributed by atoms with Crippen LogP contribution < -0.4 is 4.90 Å². The van der Waals surface area contributed by atoms with Crippen molar-refractivity contribution in [3.05, 3.63) is 76.4 Å². The number of carboxylic acid groups (broad SMARTS) is 1. The molecule has 3 aromatic rings. The van der Waals surface area contributed by atoms with Crippen LogP contribution in [-0.2, 0) is 31.0 Å². The van der Waals surface area contributed by atoms with E-state index in [-0.39, 0.29) is 41.7 Å². The Morgan fingerprint density at radius 1 is 1.11 bits per heavy atom. The minimum Gasteiger partial charge on any atom is -0.475 e. The number of aliphatic hydroxyl groups is 1. The number of alkyl halides is 6. The van der Waals surface area contributed by atoms with Gasteiger partial charge in [-0.15, -0.1) is 10.2 Å². The number of β-amino-alcohol motifs (C(OH)–C–C–N with tert-alkyl or cyclic N) is 1. The molecule has 1 aromatic heterocycles. The highest BCUT2D eigenvalue weighted by Crippen LogP contribution is 2.40. The number of benzene rings is 2. The van der Waals surface area contributed by atoms with Gasteiger partial charge in [-0.2, -0.15) is 26.3 Å². The van der Waals surface area contributed by atoms with E-state index in [0.717, 1.165) is 17.5 Å². The monoisotopic (exact) mass is 641 g/mol. The second-order valence-corrected chi connectivity index (χ2v) is 11.0. The molecule has 0 unspecified atom stereocenters. The van der Waals surface area contributed by atoms with Gasteiger partial charge >= 0.3 is 18.3 Å². The van der Waals surface area contributed by atoms with E-state index < -0.39 is 41.8 Å². The summed E-state index contributed by atoms with van der Waals surface area (Å²) in [5, 5.41) is 25.0. The molecule has 242 valence electrons. The van der Waals surface area contributed by atoms with E-state index in [1.54, 1.807) is 31.5 Å². The fourth-order valence-electron chi connectivity index (χ4n) is 5.33. The Balaban J connectivity index is 0.000000591. The molecule has 3 heterocycles. The Morgan fingerprint density at radius 2 is 1.78 bits per heavy atom. The molecule has 2 N–H and O–H groups in total. The molecule has 2 aliphatic rings. The minimum absolute atomic E-state index is 0.0192. The summed E-state index contributed by atoms with van der Waals surface area (Å²) in [6.45, 7) is 3.52. The fraction of sp³-hybridized carbons (Fsp3) is 0.414. The Kier molecular flexibility index (Phi) is 9.28.